The molecule has 0 unspecified atom stereocenters. The van der Waals surface area contributed by atoms with Crippen molar-refractivity contribution in [1.29, 1.82) is 5.41 Å². The van der Waals surface area contributed by atoms with Gasteiger partial charge in [0, 0.05) is 0 Å². The van der Waals surface area contributed by atoms with Crippen molar-refractivity contribution >= 4 is 34.4 Å². The van der Waals surface area contributed by atoms with Gasteiger partial charge in [-0.25, -0.2) is 9.07 Å². The minimum Gasteiger partial charge on any atom is -0.394 e. The van der Waals surface area contributed by atoms with E-state index in [0.29, 0.717) is 16.5 Å². The first kappa shape index (κ1) is 14.1. The van der Waals surface area contributed by atoms with Gasteiger partial charge in [0.2, 0.25) is 0 Å². The number of nitrogens with two attached hydrogens (primary N) is 2. The summed E-state index contributed by atoms with van der Waals surface area (Å²) in [6, 6.07) is 6.12. The molecular formula is C13H14FN5S. The Hall–Kier alpha value is -2.28. The Labute approximate surface area is 120 Å². The van der Waals surface area contributed by atoms with Gasteiger partial charge in [-0.3, -0.25) is 5.41 Å². The average Bonchev–Trinajstić information content (AvgIpc) is 2.73. The van der Waals surface area contributed by atoms with Crippen LogP contribution in [0.3, 0.4) is 0 Å². The van der Waals surface area contributed by atoms with Crippen molar-refractivity contribution in [2.75, 3.05) is 11.5 Å². The lowest BCUT2D eigenvalue weighted by molar-refractivity contribution is 0.628. The standard InChI is InChI=1S/C13H14FN5S/c14-10-3-1-9(2-4-10)5-6-20-12(16)8-19-13(17)11(15)7-18-19/h1-7,16H,8,15,17H2/b6-5+,16-12?. The second-order valence-corrected chi connectivity index (χ2v) is 5.04. The van der Waals surface area contributed by atoms with E-state index >= 15 is 0 Å². The summed E-state index contributed by atoms with van der Waals surface area (Å²) >= 11 is 1.24. The lowest BCUT2D eigenvalue weighted by atomic mass is 10.2. The van der Waals surface area contributed by atoms with Gasteiger partial charge in [0.25, 0.3) is 0 Å². The maximum absolute atomic E-state index is 12.7. The molecule has 20 heavy (non-hydrogen) atoms. The van der Waals surface area contributed by atoms with Crippen LogP contribution in [0.25, 0.3) is 6.08 Å². The summed E-state index contributed by atoms with van der Waals surface area (Å²) in [7, 11) is 0. The lowest BCUT2D eigenvalue weighted by Gasteiger charge is -2.03. The maximum atomic E-state index is 12.7. The zero-order chi connectivity index (χ0) is 14.5. The highest BCUT2D eigenvalue weighted by Crippen LogP contribution is 2.16. The van der Waals surface area contributed by atoms with Crippen LogP contribution in [0.2, 0.25) is 0 Å². The SMILES string of the molecule is N=C(Cn1ncc(N)c1N)S/C=C/c1ccc(F)cc1. The average molecular weight is 291 g/mol. The first-order valence-corrected chi connectivity index (χ1v) is 6.67. The summed E-state index contributed by atoms with van der Waals surface area (Å²) in [6.45, 7) is 0.265. The van der Waals surface area contributed by atoms with Gasteiger partial charge in [-0.2, -0.15) is 5.10 Å². The van der Waals surface area contributed by atoms with Crippen molar-refractivity contribution in [2.45, 2.75) is 6.54 Å². The van der Waals surface area contributed by atoms with E-state index in [-0.39, 0.29) is 12.4 Å². The fourth-order valence-corrected chi connectivity index (χ4v) is 2.06. The van der Waals surface area contributed by atoms with Crippen LogP contribution in [-0.2, 0) is 6.54 Å². The van der Waals surface area contributed by atoms with Crippen LogP contribution in [0.1, 0.15) is 5.56 Å². The zero-order valence-corrected chi connectivity index (χ0v) is 11.4. The molecule has 1 heterocycles. The molecule has 5 nitrogen and oxygen atoms in total. The number of benzene rings is 1. The Kier molecular flexibility index (Phi) is 4.41. The monoisotopic (exact) mass is 291 g/mol. The van der Waals surface area contributed by atoms with Crippen LogP contribution >= 0.6 is 11.8 Å². The molecular weight excluding hydrogens is 277 g/mol. The number of hydrogen-bond acceptors (Lipinski definition) is 5. The van der Waals surface area contributed by atoms with Gasteiger partial charge in [-0.1, -0.05) is 23.9 Å². The molecule has 104 valence electrons. The topological polar surface area (TPSA) is 93.7 Å². The molecule has 0 aliphatic heterocycles. The number of anilines is 2. The second-order valence-electron chi connectivity index (χ2n) is 4.04. The van der Waals surface area contributed by atoms with Gasteiger partial charge in [-0.15, -0.1) is 0 Å². The van der Waals surface area contributed by atoms with Gasteiger partial charge in [0.1, 0.15) is 11.6 Å². The fourth-order valence-electron chi connectivity index (χ4n) is 1.48. The van der Waals surface area contributed by atoms with Crippen molar-refractivity contribution in [1.82, 2.24) is 9.78 Å². The van der Waals surface area contributed by atoms with E-state index < -0.39 is 0 Å². The largest absolute Gasteiger partial charge is 0.394 e. The molecule has 0 fully saturated rings. The highest BCUT2D eigenvalue weighted by molar-refractivity contribution is 8.16. The van der Waals surface area contributed by atoms with Gasteiger partial charge in [0.05, 0.1) is 23.5 Å². The summed E-state index contributed by atoms with van der Waals surface area (Å²) < 4.78 is 14.2. The van der Waals surface area contributed by atoms with E-state index in [2.05, 4.69) is 5.10 Å². The predicted molar refractivity (Wildman–Crippen MR) is 81.8 cm³/mol. The number of aromatic nitrogens is 2. The molecule has 0 aliphatic rings. The van der Waals surface area contributed by atoms with Gasteiger partial charge in [-0.05, 0) is 29.2 Å². The molecule has 2 rings (SSSR count). The molecule has 0 saturated heterocycles. The maximum Gasteiger partial charge on any atom is 0.145 e. The van der Waals surface area contributed by atoms with Crippen molar-refractivity contribution in [2.24, 2.45) is 0 Å². The van der Waals surface area contributed by atoms with E-state index in [0.717, 1.165) is 5.56 Å². The van der Waals surface area contributed by atoms with Gasteiger partial charge >= 0.3 is 0 Å². The zero-order valence-electron chi connectivity index (χ0n) is 10.6. The van der Waals surface area contributed by atoms with Crippen LogP contribution in [0.15, 0.2) is 35.9 Å². The minimum atomic E-state index is -0.269. The Morgan fingerprint density at radius 2 is 2.05 bits per heavy atom. The van der Waals surface area contributed by atoms with Crippen molar-refractivity contribution < 1.29 is 4.39 Å². The fraction of sp³-hybridized carbons (Fsp3) is 0.0769. The first-order valence-electron chi connectivity index (χ1n) is 5.79. The summed E-state index contributed by atoms with van der Waals surface area (Å²) in [6.07, 6.45) is 3.26. The van der Waals surface area contributed by atoms with Crippen LogP contribution in [-0.4, -0.2) is 14.8 Å². The molecule has 0 atom stereocenters. The van der Waals surface area contributed by atoms with E-state index in [4.69, 9.17) is 16.9 Å². The minimum absolute atomic E-state index is 0.265. The number of nitrogens with one attached hydrogen (secondary N) is 1. The molecule has 0 radical (unpaired) electrons. The Morgan fingerprint density at radius 1 is 1.35 bits per heavy atom. The van der Waals surface area contributed by atoms with E-state index in [1.165, 1.54) is 34.8 Å². The summed E-state index contributed by atoms with van der Waals surface area (Å²) in [5.41, 5.74) is 12.6. The highest BCUT2D eigenvalue weighted by atomic mass is 32.2. The second kappa shape index (κ2) is 6.25. The smallest absolute Gasteiger partial charge is 0.145 e. The molecule has 1 aromatic heterocycles. The molecule has 0 amide bonds. The number of thioether (sulfide) groups is 1. The van der Waals surface area contributed by atoms with Crippen LogP contribution in [0, 0.1) is 11.2 Å². The van der Waals surface area contributed by atoms with Crippen molar-refractivity contribution in [3.8, 4) is 0 Å². The van der Waals surface area contributed by atoms with E-state index in [1.54, 1.807) is 23.6 Å². The highest BCUT2D eigenvalue weighted by Gasteiger charge is 2.05. The van der Waals surface area contributed by atoms with Gasteiger partial charge in [0.15, 0.2) is 0 Å². The van der Waals surface area contributed by atoms with E-state index in [9.17, 15) is 4.39 Å². The molecule has 7 heteroatoms. The quantitative estimate of drug-likeness (QED) is 0.596. The molecule has 1 aromatic carbocycles. The predicted octanol–water partition coefficient (Wildman–Crippen LogP) is 2.57. The van der Waals surface area contributed by atoms with Crippen LogP contribution in [0.5, 0.6) is 0 Å². The third-order valence-electron chi connectivity index (χ3n) is 2.54. The van der Waals surface area contributed by atoms with E-state index in [1.807, 2.05) is 0 Å². The molecule has 0 spiro atoms. The number of hydrogen-bond donors (Lipinski definition) is 3. The van der Waals surface area contributed by atoms with Gasteiger partial charge < -0.3 is 11.5 Å². The molecule has 0 saturated carbocycles. The summed E-state index contributed by atoms with van der Waals surface area (Å²) in [5.74, 6) is 0.0900. The first-order chi connectivity index (χ1) is 9.56. The Balaban J connectivity index is 1.89. The molecule has 0 aliphatic carbocycles. The third kappa shape index (κ3) is 3.61. The van der Waals surface area contributed by atoms with Crippen LogP contribution in [0.4, 0.5) is 15.9 Å². The lowest BCUT2D eigenvalue weighted by Crippen LogP contribution is -2.10. The Morgan fingerprint density at radius 3 is 2.65 bits per heavy atom. The van der Waals surface area contributed by atoms with Crippen molar-refractivity contribution in [3.05, 3.63) is 47.3 Å². The number of halogens is 1. The Bertz CT molecular complexity index is 633. The van der Waals surface area contributed by atoms with Crippen LogP contribution < -0.4 is 11.5 Å². The number of rotatable bonds is 4. The molecule has 5 N–H and O–H groups in total. The summed E-state index contributed by atoms with van der Waals surface area (Å²) in [5, 5.41) is 13.9. The molecule has 2 aromatic rings. The normalized spacial score (nSPS) is 11.1. The third-order valence-corrected chi connectivity index (χ3v) is 3.23. The van der Waals surface area contributed by atoms with Crippen molar-refractivity contribution in [3.63, 3.8) is 0 Å². The molecule has 0 bridgehead atoms. The number of nitrogen functional groups attached to an aromatic ring is 2. The number of nitrogens with zero attached hydrogens (tertiary/aromatic N) is 2. The summed E-state index contributed by atoms with van der Waals surface area (Å²) in [4.78, 5) is 0.